The summed E-state index contributed by atoms with van der Waals surface area (Å²) in [5, 5.41) is 0. The van der Waals surface area contributed by atoms with Gasteiger partial charge in [-0.15, -0.1) is 0 Å². The van der Waals surface area contributed by atoms with E-state index in [4.69, 9.17) is 9.72 Å². The molecule has 0 aromatic carbocycles. The van der Waals surface area contributed by atoms with E-state index >= 15 is 0 Å². The second kappa shape index (κ2) is 7.00. The number of hydrogen-bond donors (Lipinski definition) is 0. The van der Waals surface area contributed by atoms with Gasteiger partial charge in [0.05, 0.1) is 18.8 Å². The highest BCUT2D eigenvalue weighted by Crippen LogP contribution is 2.18. The van der Waals surface area contributed by atoms with Crippen molar-refractivity contribution in [2.24, 2.45) is 20.0 Å². The summed E-state index contributed by atoms with van der Waals surface area (Å²) in [5.74, 6) is 1.18. The van der Waals surface area contributed by atoms with Crippen LogP contribution in [0.25, 0.3) is 11.2 Å². The van der Waals surface area contributed by atoms with Crippen LogP contribution in [-0.2, 0) is 31.9 Å². The first-order chi connectivity index (χ1) is 12.2. The molecule has 0 amide bonds. The number of fused-ring (bicyclic) bond motifs is 1. The highest BCUT2D eigenvalue weighted by atomic mass is 16.5. The van der Waals surface area contributed by atoms with Crippen molar-refractivity contribution >= 4 is 11.2 Å². The molecule has 144 valence electrons. The second-order valence-electron chi connectivity index (χ2n) is 7.86. The normalized spacial score (nSPS) is 21.8. The number of nitrogens with zero attached hydrogens (tertiary/aromatic N) is 5. The lowest BCUT2D eigenvalue weighted by atomic mass is 10.2. The van der Waals surface area contributed by atoms with Gasteiger partial charge in [-0.2, -0.15) is 0 Å². The zero-order chi connectivity index (χ0) is 19.2. The van der Waals surface area contributed by atoms with E-state index in [2.05, 4.69) is 32.6 Å². The molecule has 2 aromatic rings. The van der Waals surface area contributed by atoms with Crippen molar-refractivity contribution in [3.8, 4) is 0 Å². The van der Waals surface area contributed by atoms with Crippen LogP contribution >= 0.6 is 0 Å². The van der Waals surface area contributed by atoms with Crippen molar-refractivity contribution in [3.63, 3.8) is 0 Å². The number of hydrogen-bond acceptors (Lipinski definition) is 5. The monoisotopic (exact) mass is 363 g/mol. The van der Waals surface area contributed by atoms with Crippen molar-refractivity contribution in [1.82, 2.24) is 23.6 Å². The van der Waals surface area contributed by atoms with Crippen LogP contribution in [0.2, 0.25) is 0 Å². The van der Waals surface area contributed by atoms with Crippen LogP contribution < -0.4 is 11.2 Å². The molecule has 0 N–H and O–H groups in total. The molecular weight excluding hydrogens is 334 g/mol. The lowest BCUT2D eigenvalue weighted by molar-refractivity contribution is -0.0712. The average Bonchev–Trinajstić information content (AvgIpc) is 2.88. The van der Waals surface area contributed by atoms with Gasteiger partial charge in [0.25, 0.3) is 5.56 Å². The van der Waals surface area contributed by atoms with Crippen LogP contribution in [0.5, 0.6) is 0 Å². The summed E-state index contributed by atoms with van der Waals surface area (Å²) in [5.41, 5.74) is 0.332. The lowest BCUT2D eigenvalue weighted by Crippen LogP contribution is -2.45. The Balaban J connectivity index is 2.12. The Hall–Kier alpha value is -1.93. The van der Waals surface area contributed by atoms with E-state index in [-0.39, 0.29) is 23.5 Å². The van der Waals surface area contributed by atoms with Crippen molar-refractivity contribution in [3.05, 3.63) is 26.7 Å². The van der Waals surface area contributed by atoms with E-state index in [1.165, 1.54) is 11.6 Å². The molecular formula is C18H29N5O3. The molecule has 8 nitrogen and oxygen atoms in total. The van der Waals surface area contributed by atoms with Gasteiger partial charge in [-0.25, -0.2) is 9.78 Å². The van der Waals surface area contributed by atoms with Gasteiger partial charge < -0.3 is 9.30 Å². The van der Waals surface area contributed by atoms with Gasteiger partial charge in [0.15, 0.2) is 11.2 Å². The maximum absolute atomic E-state index is 12.8. The summed E-state index contributed by atoms with van der Waals surface area (Å²) in [4.78, 5) is 32.0. The predicted octanol–water partition coefficient (Wildman–Crippen LogP) is 0.699. The standard InChI is InChI=1S/C18H29N5O3/c1-11(2)7-23-14(10-22-8-12(3)26-13(4)9-22)19-16-15(23)17(24)21(6)18(25)20(16)5/h11-13H,7-10H2,1-6H3/t12-,13-/m1/s1. The van der Waals surface area contributed by atoms with Crippen molar-refractivity contribution in [1.29, 1.82) is 0 Å². The Kier molecular flexibility index (Phi) is 5.07. The van der Waals surface area contributed by atoms with Crippen LogP contribution in [0.4, 0.5) is 0 Å². The van der Waals surface area contributed by atoms with E-state index in [9.17, 15) is 9.59 Å². The van der Waals surface area contributed by atoms with Crippen molar-refractivity contribution in [2.75, 3.05) is 13.1 Å². The van der Waals surface area contributed by atoms with E-state index in [0.717, 1.165) is 23.5 Å². The summed E-state index contributed by atoms with van der Waals surface area (Å²) in [6.07, 6.45) is 0.331. The van der Waals surface area contributed by atoms with E-state index in [1.54, 1.807) is 7.05 Å². The summed E-state index contributed by atoms with van der Waals surface area (Å²) >= 11 is 0. The fourth-order valence-electron chi connectivity index (χ4n) is 3.79. The van der Waals surface area contributed by atoms with E-state index in [1.807, 2.05) is 4.57 Å². The molecule has 0 bridgehead atoms. The molecule has 26 heavy (non-hydrogen) atoms. The fraction of sp³-hybridized carbons (Fsp3) is 0.722. The number of morpholine rings is 1. The van der Waals surface area contributed by atoms with Crippen LogP contribution in [0.15, 0.2) is 9.59 Å². The molecule has 1 fully saturated rings. The molecule has 0 saturated carbocycles. The third-order valence-corrected chi connectivity index (χ3v) is 4.84. The molecule has 0 spiro atoms. The van der Waals surface area contributed by atoms with Gasteiger partial charge in [0.1, 0.15) is 5.82 Å². The predicted molar refractivity (Wildman–Crippen MR) is 100 cm³/mol. The van der Waals surface area contributed by atoms with Gasteiger partial charge in [-0.05, 0) is 19.8 Å². The topological polar surface area (TPSA) is 74.3 Å². The summed E-state index contributed by atoms with van der Waals surface area (Å²) in [6, 6.07) is 0. The number of imidazole rings is 1. The minimum absolute atomic E-state index is 0.166. The van der Waals surface area contributed by atoms with Gasteiger partial charge >= 0.3 is 5.69 Å². The zero-order valence-corrected chi connectivity index (χ0v) is 16.5. The first-order valence-corrected chi connectivity index (χ1v) is 9.22. The first-order valence-electron chi connectivity index (χ1n) is 9.22. The number of aryl methyl sites for hydroxylation is 1. The SMILES string of the molecule is CC(C)Cn1c(CN2C[C@@H](C)O[C@H](C)C2)nc2c1c(=O)n(C)c(=O)n2C. The second-order valence-corrected chi connectivity index (χ2v) is 7.86. The molecule has 2 aromatic heterocycles. The minimum atomic E-state index is -0.350. The highest BCUT2D eigenvalue weighted by Gasteiger charge is 2.25. The zero-order valence-electron chi connectivity index (χ0n) is 16.5. The quantitative estimate of drug-likeness (QED) is 0.799. The van der Waals surface area contributed by atoms with Crippen LogP contribution in [0, 0.1) is 5.92 Å². The number of aromatic nitrogens is 4. The first kappa shape index (κ1) is 18.8. The number of rotatable bonds is 4. The Morgan fingerprint density at radius 2 is 1.73 bits per heavy atom. The largest absolute Gasteiger partial charge is 0.373 e. The van der Waals surface area contributed by atoms with Gasteiger partial charge in [0.2, 0.25) is 0 Å². The highest BCUT2D eigenvalue weighted by molar-refractivity contribution is 5.71. The molecule has 3 rings (SSSR count). The average molecular weight is 363 g/mol. The van der Waals surface area contributed by atoms with Crippen molar-refractivity contribution < 1.29 is 4.74 Å². The molecule has 1 aliphatic rings. The summed E-state index contributed by atoms with van der Waals surface area (Å²) in [6.45, 7) is 11.3. The minimum Gasteiger partial charge on any atom is -0.373 e. The van der Waals surface area contributed by atoms with Gasteiger partial charge in [-0.3, -0.25) is 18.8 Å². The third-order valence-electron chi connectivity index (χ3n) is 4.84. The molecule has 8 heteroatoms. The Labute approximate surface area is 153 Å². The lowest BCUT2D eigenvalue weighted by Gasteiger charge is -2.35. The molecule has 2 atom stereocenters. The Morgan fingerprint density at radius 1 is 1.12 bits per heavy atom. The maximum Gasteiger partial charge on any atom is 0.332 e. The molecule has 3 heterocycles. The van der Waals surface area contributed by atoms with E-state index in [0.29, 0.717) is 30.2 Å². The van der Waals surface area contributed by atoms with Crippen LogP contribution in [-0.4, -0.2) is 48.9 Å². The molecule has 1 aliphatic heterocycles. The Bertz CT molecular complexity index is 914. The number of ether oxygens (including phenoxy) is 1. The molecule has 0 unspecified atom stereocenters. The summed E-state index contributed by atoms with van der Waals surface area (Å²) < 4.78 is 10.4. The van der Waals surface area contributed by atoms with E-state index < -0.39 is 0 Å². The third kappa shape index (κ3) is 3.35. The molecule has 0 radical (unpaired) electrons. The van der Waals surface area contributed by atoms with Crippen LogP contribution in [0.1, 0.15) is 33.5 Å². The van der Waals surface area contributed by atoms with Gasteiger partial charge in [-0.1, -0.05) is 13.8 Å². The van der Waals surface area contributed by atoms with Crippen molar-refractivity contribution in [2.45, 2.75) is 53.0 Å². The fourth-order valence-corrected chi connectivity index (χ4v) is 3.79. The molecule has 1 saturated heterocycles. The van der Waals surface area contributed by atoms with Crippen LogP contribution in [0.3, 0.4) is 0 Å². The maximum atomic E-state index is 12.8. The summed E-state index contributed by atoms with van der Waals surface area (Å²) in [7, 11) is 3.18. The van der Waals surface area contributed by atoms with Gasteiger partial charge in [0, 0.05) is 33.7 Å². The Morgan fingerprint density at radius 3 is 2.31 bits per heavy atom. The smallest absolute Gasteiger partial charge is 0.332 e. The molecule has 0 aliphatic carbocycles.